The average Bonchev–Trinajstić information content (AvgIpc) is 2.80. The Labute approximate surface area is 177 Å². The predicted molar refractivity (Wildman–Crippen MR) is 117 cm³/mol. The van der Waals surface area contributed by atoms with Crippen LogP contribution in [0.25, 0.3) is 10.9 Å². The van der Waals surface area contributed by atoms with Crippen molar-refractivity contribution in [2.45, 2.75) is 6.54 Å². The first-order valence-corrected chi connectivity index (χ1v) is 9.64. The van der Waals surface area contributed by atoms with Crippen LogP contribution in [0.2, 0.25) is 0 Å². The van der Waals surface area contributed by atoms with E-state index in [4.69, 9.17) is 0 Å². The first kappa shape index (κ1) is 20.0. The molecule has 0 aliphatic carbocycles. The molecule has 0 saturated heterocycles. The summed E-state index contributed by atoms with van der Waals surface area (Å²) in [5, 5.41) is 17.6. The van der Waals surface area contributed by atoms with Crippen molar-refractivity contribution in [3.63, 3.8) is 0 Å². The molecule has 0 saturated carbocycles. The number of hydrogen-bond donors (Lipinski definition) is 3. The Hall–Kier alpha value is -4.34. The van der Waals surface area contributed by atoms with Crippen LogP contribution in [0.5, 0.6) is 0 Å². The van der Waals surface area contributed by atoms with Crippen LogP contribution >= 0.6 is 0 Å². The molecule has 4 aromatic rings. The summed E-state index contributed by atoms with van der Waals surface area (Å²) < 4.78 is 1.30. The maximum absolute atomic E-state index is 12.4. The lowest BCUT2D eigenvalue weighted by atomic mass is 10.2. The van der Waals surface area contributed by atoms with Crippen LogP contribution in [0, 0.1) is 0 Å². The van der Waals surface area contributed by atoms with Crippen LogP contribution in [0.15, 0.2) is 72.0 Å². The molecule has 31 heavy (non-hydrogen) atoms. The molecular weight excluding hydrogens is 396 g/mol. The van der Waals surface area contributed by atoms with E-state index in [1.54, 1.807) is 42.7 Å². The molecule has 156 valence electrons. The second kappa shape index (κ2) is 9.44. The largest absolute Gasteiger partial charge is 0.367 e. The lowest BCUT2D eigenvalue weighted by Gasteiger charge is -2.09. The van der Waals surface area contributed by atoms with Gasteiger partial charge in [-0.25, -0.2) is 4.98 Å². The van der Waals surface area contributed by atoms with Crippen molar-refractivity contribution in [2.75, 3.05) is 23.7 Å². The van der Waals surface area contributed by atoms with Crippen molar-refractivity contribution in [2.24, 2.45) is 0 Å². The van der Waals surface area contributed by atoms with E-state index in [-0.39, 0.29) is 18.0 Å². The lowest BCUT2D eigenvalue weighted by molar-refractivity contribution is -0.121. The number of nitrogens with zero attached hydrogens (tertiary/aromatic N) is 5. The Morgan fingerprint density at radius 3 is 2.61 bits per heavy atom. The number of para-hydroxylation sites is 1. The van der Waals surface area contributed by atoms with Crippen LogP contribution in [0.1, 0.15) is 0 Å². The molecule has 1 amide bonds. The minimum absolute atomic E-state index is 0.0921. The standard InChI is InChI=1S/C21H20N8O2/c30-20(13-29-14-25-17-6-2-1-5-16(17)21(29)31)24-11-10-23-18-7-8-19(28-27-18)26-15-4-3-9-22-12-15/h1-9,12,14H,10-11,13H2,(H,23,27)(H,24,30)(H,26,28). The van der Waals surface area contributed by atoms with Gasteiger partial charge >= 0.3 is 0 Å². The van der Waals surface area contributed by atoms with Gasteiger partial charge in [-0.2, -0.15) is 0 Å². The highest BCUT2D eigenvalue weighted by atomic mass is 16.2. The highest BCUT2D eigenvalue weighted by Crippen LogP contribution is 2.12. The maximum Gasteiger partial charge on any atom is 0.261 e. The molecule has 0 atom stereocenters. The van der Waals surface area contributed by atoms with Crippen molar-refractivity contribution >= 4 is 34.1 Å². The Kier molecular flexibility index (Phi) is 6.08. The SMILES string of the molecule is O=C(Cn1cnc2ccccc2c1=O)NCCNc1ccc(Nc2cccnc2)nn1. The van der Waals surface area contributed by atoms with Gasteiger partial charge in [-0.1, -0.05) is 12.1 Å². The topological polar surface area (TPSA) is 127 Å². The van der Waals surface area contributed by atoms with Crippen LogP contribution in [0.3, 0.4) is 0 Å². The lowest BCUT2D eigenvalue weighted by Crippen LogP contribution is -2.35. The minimum atomic E-state index is -0.275. The number of amides is 1. The molecule has 0 radical (unpaired) electrons. The van der Waals surface area contributed by atoms with E-state index >= 15 is 0 Å². The summed E-state index contributed by atoms with van der Waals surface area (Å²) in [5.41, 5.74) is 1.19. The molecule has 3 N–H and O–H groups in total. The number of nitrogens with one attached hydrogen (secondary N) is 3. The fourth-order valence-electron chi connectivity index (χ4n) is 2.90. The van der Waals surface area contributed by atoms with Gasteiger partial charge in [0.1, 0.15) is 12.4 Å². The monoisotopic (exact) mass is 416 g/mol. The number of fused-ring (bicyclic) bond motifs is 1. The fourth-order valence-corrected chi connectivity index (χ4v) is 2.90. The summed E-state index contributed by atoms with van der Waals surface area (Å²) in [6.07, 6.45) is 4.78. The van der Waals surface area contributed by atoms with Crippen molar-refractivity contribution < 1.29 is 4.79 Å². The summed E-state index contributed by atoms with van der Waals surface area (Å²) in [7, 11) is 0. The smallest absolute Gasteiger partial charge is 0.261 e. The third-order valence-corrected chi connectivity index (χ3v) is 4.40. The van der Waals surface area contributed by atoms with Gasteiger partial charge in [0, 0.05) is 19.3 Å². The van der Waals surface area contributed by atoms with Gasteiger partial charge < -0.3 is 16.0 Å². The number of rotatable bonds is 8. The van der Waals surface area contributed by atoms with Gasteiger partial charge in [-0.15, -0.1) is 10.2 Å². The van der Waals surface area contributed by atoms with Gasteiger partial charge in [0.05, 0.1) is 29.1 Å². The first-order valence-electron chi connectivity index (χ1n) is 9.64. The molecule has 10 nitrogen and oxygen atoms in total. The van der Waals surface area contributed by atoms with Gasteiger partial charge in [0.15, 0.2) is 5.82 Å². The van der Waals surface area contributed by atoms with Crippen molar-refractivity contribution in [3.8, 4) is 0 Å². The summed E-state index contributed by atoms with van der Waals surface area (Å²) in [6.45, 7) is 0.734. The normalized spacial score (nSPS) is 10.6. The Bertz CT molecular complexity index is 1230. The molecule has 10 heteroatoms. The summed E-state index contributed by atoms with van der Waals surface area (Å²) >= 11 is 0. The average molecular weight is 416 g/mol. The highest BCUT2D eigenvalue weighted by Gasteiger charge is 2.07. The molecule has 0 fully saturated rings. The molecule has 0 aliphatic heterocycles. The third-order valence-electron chi connectivity index (χ3n) is 4.40. The molecule has 0 aliphatic rings. The maximum atomic E-state index is 12.4. The van der Waals surface area contributed by atoms with Crippen molar-refractivity contribution in [3.05, 3.63) is 77.6 Å². The van der Waals surface area contributed by atoms with E-state index in [1.807, 2.05) is 18.2 Å². The summed E-state index contributed by atoms with van der Waals surface area (Å²) in [6, 6.07) is 14.3. The second-order valence-electron chi connectivity index (χ2n) is 6.64. The van der Waals surface area contributed by atoms with E-state index in [0.29, 0.717) is 35.6 Å². The molecule has 3 heterocycles. The van der Waals surface area contributed by atoms with E-state index in [9.17, 15) is 9.59 Å². The third kappa shape index (κ3) is 5.18. The second-order valence-corrected chi connectivity index (χ2v) is 6.64. The van der Waals surface area contributed by atoms with E-state index in [0.717, 1.165) is 5.69 Å². The first-order chi connectivity index (χ1) is 15.2. The zero-order valence-electron chi connectivity index (χ0n) is 16.5. The predicted octanol–water partition coefficient (Wildman–Crippen LogP) is 1.55. The minimum Gasteiger partial charge on any atom is -0.367 e. The molecule has 4 rings (SSSR count). The van der Waals surface area contributed by atoms with Crippen LogP contribution in [0.4, 0.5) is 17.3 Å². The van der Waals surface area contributed by atoms with Crippen LogP contribution in [-0.2, 0) is 11.3 Å². The van der Waals surface area contributed by atoms with Gasteiger partial charge in [0.2, 0.25) is 5.91 Å². The van der Waals surface area contributed by atoms with E-state index in [2.05, 4.69) is 36.1 Å². The molecule has 1 aromatic carbocycles. The van der Waals surface area contributed by atoms with E-state index in [1.165, 1.54) is 10.9 Å². The molecule has 0 bridgehead atoms. The number of aromatic nitrogens is 5. The molecular formula is C21H20N8O2. The number of pyridine rings is 1. The molecule has 0 unspecified atom stereocenters. The molecule has 3 aromatic heterocycles. The van der Waals surface area contributed by atoms with Gasteiger partial charge in [-0.05, 0) is 36.4 Å². The fraction of sp³-hybridized carbons (Fsp3) is 0.143. The number of benzene rings is 1. The summed E-state index contributed by atoms with van der Waals surface area (Å²) in [5.74, 6) is 0.908. The van der Waals surface area contributed by atoms with Gasteiger partial charge in [0.25, 0.3) is 5.56 Å². The Balaban J connectivity index is 1.23. The van der Waals surface area contributed by atoms with Crippen molar-refractivity contribution in [1.82, 2.24) is 30.0 Å². The Morgan fingerprint density at radius 1 is 0.968 bits per heavy atom. The zero-order valence-corrected chi connectivity index (χ0v) is 16.5. The molecule has 0 spiro atoms. The van der Waals surface area contributed by atoms with Crippen molar-refractivity contribution in [1.29, 1.82) is 0 Å². The number of carbonyl (C=O) groups excluding carboxylic acids is 1. The quantitative estimate of drug-likeness (QED) is 0.369. The summed E-state index contributed by atoms with van der Waals surface area (Å²) in [4.78, 5) is 32.8. The van der Waals surface area contributed by atoms with Gasteiger partial charge in [-0.3, -0.25) is 19.1 Å². The number of anilines is 3. The Morgan fingerprint density at radius 2 is 1.81 bits per heavy atom. The number of carbonyl (C=O) groups is 1. The zero-order chi connectivity index (χ0) is 21.5. The van der Waals surface area contributed by atoms with Crippen LogP contribution < -0.4 is 21.5 Å². The highest BCUT2D eigenvalue weighted by molar-refractivity contribution is 5.78. The van der Waals surface area contributed by atoms with Crippen LogP contribution in [-0.4, -0.2) is 43.7 Å². The van der Waals surface area contributed by atoms with E-state index < -0.39 is 0 Å². The number of hydrogen-bond acceptors (Lipinski definition) is 8.